The summed E-state index contributed by atoms with van der Waals surface area (Å²) in [5.41, 5.74) is -0.199. The zero-order chi connectivity index (χ0) is 34.4. The summed E-state index contributed by atoms with van der Waals surface area (Å²) in [6, 6.07) is 0. The van der Waals surface area contributed by atoms with Crippen LogP contribution in [-0.4, -0.2) is 46.7 Å². The number of allylic oxidation sites excluding steroid dienone is 1. The normalized spacial score (nSPS) is 44.4. The number of esters is 1. The van der Waals surface area contributed by atoms with Crippen molar-refractivity contribution in [3.05, 3.63) is 11.1 Å². The average molecular weight is 652 g/mol. The summed E-state index contributed by atoms with van der Waals surface area (Å²) in [4.78, 5) is 63.6. The Hall–Kier alpha value is -2.51. The summed E-state index contributed by atoms with van der Waals surface area (Å²) in [5, 5.41) is 13.0. The number of carboxylic acids is 1. The molecule has 12 unspecified atom stereocenters. The summed E-state index contributed by atoms with van der Waals surface area (Å²) in [6.07, 6.45) is 9.39. The second kappa shape index (κ2) is 11.5. The molecule has 6 aliphatic rings. The van der Waals surface area contributed by atoms with Gasteiger partial charge in [0, 0.05) is 12.3 Å². The molecular weight excluding hydrogens is 594 g/mol. The van der Waals surface area contributed by atoms with E-state index in [0.29, 0.717) is 30.6 Å². The maximum atomic E-state index is 13.7. The van der Waals surface area contributed by atoms with Crippen LogP contribution in [0, 0.1) is 69.5 Å². The summed E-state index contributed by atoms with van der Waals surface area (Å²) < 4.78 is 6.22. The second-order valence-electron chi connectivity index (χ2n) is 18.0. The third-order valence-corrected chi connectivity index (χ3v) is 15.2. The second-order valence-corrected chi connectivity index (χ2v) is 18.0. The van der Waals surface area contributed by atoms with Crippen LogP contribution >= 0.6 is 0 Å². The first-order valence-corrected chi connectivity index (χ1v) is 18.4. The van der Waals surface area contributed by atoms with E-state index in [4.69, 9.17) is 4.74 Å². The van der Waals surface area contributed by atoms with Crippen molar-refractivity contribution >= 4 is 29.9 Å². The van der Waals surface area contributed by atoms with Crippen molar-refractivity contribution in [3.63, 3.8) is 0 Å². The van der Waals surface area contributed by atoms with E-state index in [0.717, 1.165) is 62.4 Å². The number of aldehydes is 1. The molecule has 0 aromatic rings. The van der Waals surface area contributed by atoms with Crippen molar-refractivity contribution in [1.82, 2.24) is 5.32 Å². The summed E-state index contributed by atoms with van der Waals surface area (Å²) in [5.74, 6) is 0.0225. The smallest absolute Gasteiger partial charge is 0.318 e. The van der Waals surface area contributed by atoms with Crippen molar-refractivity contribution in [1.29, 1.82) is 0 Å². The van der Waals surface area contributed by atoms with Gasteiger partial charge in [0.1, 0.15) is 17.8 Å². The van der Waals surface area contributed by atoms with E-state index in [-0.39, 0.29) is 70.6 Å². The summed E-state index contributed by atoms with van der Waals surface area (Å²) >= 11 is 0. The molecule has 8 nitrogen and oxygen atoms in total. The Morgan fingerprint density at radius 2 is 1.60 bits per heavy atom. The minimum absolute atomic E-state index is 0.0293. The highest BCUT2D eigenvalue weighted by atomic mass is 16.5. The van der Waals surface area contributed by atoms with Crippen molar-refractivity contribution in [2.24, 2.45) is 69.5 Å². The molecule has 6 rings (SSSR count). The first-order chi connectivity index (χ1) is 21.9. The number of Topliss-reactive ketones (excluding diaryl/α,β-unsaturated/α-hetero) is 1. The summed E-state index contributed by atoms with van der Waals surface area (Å²) in [6.45, 7) is 16.3. The van der Waals surface area contributed by atoms with Gasteiger partial charge in [-0.15, -0.1) is 0 Å². The molecular formula is C39H57NO7. The molecule has 0 saturated heterocycles. The third-order valence-electron chi connectivity index (χ3n) is 15.2. The number of ether oxygens (including phenoxy) is 1. The molecule has 47 heavy (non-hydrogen) atoms. The van der Waals surface area contributed by atoms with Crippen LogP contribution in [0.3, 0.4) is 0 Å². The highest BCUT2D eigenvalue weighted by Crippen LogP contribution is 2.70. The highest BCUT2D eigenvalue weighted by molar-refractivity contribution is 6.05. The molecule has 2 N–H and O–H groups in total. The fourth-order valence-corrected chi connectivity index (χ4v) is 12.2. The van der Waals surface area contributed by atoms with E-state index in [1.807, 2.05) is 6.92 Å². The van der Waals surface area contributed by atoms with Crippen molar-refractivity contribution in [3.8, 4) is 0 Å². The Morgan fingerprint density at radius 1 is 0.957 bits per heavy atom. The highest BCUT2D eigenvalue weighted by Gasteiger charge is 2.65. The first-order valence-electron chi connectivity index (χ1n) is 18.4. The minimum atomic E-state index is -1.59. The standard InChI is InChI=1S/C39H57NO7/c1-20(2)31-28(42)18-39(40-34(44)36(5,6)35(45)46)16-12-27-24(32(31)39)9-10-30-37(7)15-13-29(22(4)26(37)11-14-38(27,30)8)47-33(43)25-17-23(19-41)21(25)3/h19-27,29-30H,9-18H2,1-8H3,(H,40,44)(H,45,46). The fraction of sp³-hybridized carbons (Fsp3) is 0.821. The lowest BCUT2D eigenvalue weighted by molar-refractivity contribution is -0.195. The van der Waals surface area contributed by atoms with Crippen LogP contribution in [0.1, 0.15) is 120 Å². The lowest BCUT2D eigenvalue weighted by atomic mass is 9.38. The predicted molar refractivity (Wildman–Crippen MR) is 177 cm³/mol. The number of carboxylic acid groups (broad SMARTS) is 1. The van der Waals surface area contributed by atoms with Crippen LogP contribution < -0.4 is 5.32 Å². The van der Waals surface area contributed by atoms with Crippen LogP contribution in [-0.2, 0) is 28.7 Å². The van der Waals surface area contributed by atoms with Gasteiger partial charge in [-0.25, -0.2) is 0 Å². The van der Waals surface area contributed by atoms with Gasteiger partial charge >= 0.3 is 11.9 Å². The Bertz CT molecular complexity index is 1400. The van der Waals surface area contributed by atoms with Gasteiger partial charge in [-0.05, 0) is 135 Å². The van der Waals surface area contributed by atoms with Gasteiger partial charge in [-0.1, -0.05) is 41.5 Å². The van der Waals surface area contributed by atoms with Crippen molar-refractivity contribution < 1.29 is 33.8 Å². The molecule has 5 saturated carbocycles. The summed E-state index contributed by atoms with van der Waals surface area (Å²) in [7, 11) is 0. The van der Waals surface area contributed by atoms with Crippen LogP contribution in [0.15, 0.2) is 11.1 Å². The molecule has 0 aromatic carbocycles. The lowest BCUT2D eigenvalue weighted by Crippen LogP contribution is -2.63. The van der Waals surface area contributed by atoms with Gasteiger partial charge in [0.05, 0.1) is 11.5 Å². The number of amides is 1. The van der Waals surface area contributed by atoms with E-state index in [2.05, 4.69) is 39.9 Å². The fourth-order valence-electron chi connectivity index (χ4n) is 12.2. The Morgan fingerprint density at radius 3 is 2.21 bits per heavy atom. The number of ketones is 1. The molecule has 1 amide bonds. The van der Waals surface area contributed by atoms with Gasteiger partial charge in [0.25, 0.3) is 0 Å². The van der Waals surface area contributed by atoms with Crippen molar-refractivity contribution in [2.45, 2.75) is 131 Å². The monoisotopic (exact) mass is 651 g/mol. The minimum Gasteiger partial charge on any atom is -0.480 e. The van der Waals surface area contributed by atoms with Gasteiger partial charge in [0.2, 0.25) is 5.91 Å². The van der Waals surface area contributed by atoms with Gasteiger partial charge < -0.3 is 20.0 Å². The Balaban J connectivity index is 1.24. The number of nitrogens with one attached hydrogen (secondary N) is 1. The Labute approximate surface area is 280 Å². The van der Waals surface area contributed by atoms with E-state index < -0.39 is 22.8 Å². The number of rotatable bonds is 7. The first kappa shape index (κ1) is 34.4. The molecule has 0 radical (unpaired) electrons. The third kappa shape index (κ3) is 4.99. The number of aliphatic carboxylic acids is 1. The van der Waals surface area contributed by atoms with Gasteiger partial charge in [0.15, 0.2) is 5.78 Å². The molecule has 0 heterocycles. The molecule has 0 aromatic heterocycles. The topological polar surface area (TPSA) is 127 Å². The SMILES string of the molecule is CC(C)C1=C2C3CCC4C(C)(CCC5C(C)C(OC(=O)C6CC(C=O)C6C)CCC54C)C3CCC2(NC(=O)C(C)(C)C(=O)O)CC1=O. The van der Waals surface area contributed by atoms with E-state index in [1.54, 1.807) is 0 Å². The van der Waals surface area contributed by atoms with E-state index in [1.165, 1.54) is 13.8 Å². The molecule has 5 fully saturated rings. The molecule has 6 aliphatic carbocycles. The largest absolute Gasteiger partial charge is 0.480 e. The number of fused-ring (bicyclic) bond motifs is 7. The zero-order valence-electron chi connectivity index (χ0n) is 29.8. The molecule has 8 heteroatoms. The molecule has 0 bridgehead atoms. The predicted octanol–water partition coefficient (Wildman–Crippen LogP) is 6.55. The van der Waals surface area contributed by atoms with Crippen LogP contribution in [0.25, 0.3) is 0 Å². The molecule has 12 atom stereocenters. The number of carbonyl (C=O) groups is 5. The maximum absolute atomic E-state index is 13.7. The van der Waals surface area contributed by atoms with Crippen LogP contribution in [0.5, 0.6) is 0 Å². The van der Waals surface area contributed by atoms with Crippen LogP contribution in [0.2, 0.25) is 0 Å². The van der Waals surface area contributed by atoms with E-state index >= 15 is 0 Å². The average Bonchev–Trinajstić information content (AvgIpc) is 3.29. The van der Waals surface area contributed by atoms with Crippen LogP contribution in [0.4, 0.5) is 0 Å². The quantitative estimate of drug-likeness (QED) is 0.182. The number of hydrogen-bond donors (Lipinski definition) is 2. The Kier molecular flexibility index (Phi) is 8.43. The molecule has 0 aliphatic heterocycles. The van der Waals surface area contributed by atoms with Gasteiger partial charge in [-0.3, -0.25) is 19.2 Å². The number of carbonyl (C=O) groups excluding carboxylic acids is 4. The van der Waals surface area contributed by atoms with Crippen molar-refractivity contribution in [2.75, 3.05) is 0 Å². The van der Waals surface area contributed by atoms with E-state index in [9.17, 15) is 29.1 Å². The molecule has 0 spiro atoms. The lowest BCUT2D eigenvalue weighted by Gasteiger charge is -2.67. The zero-order valence-corrected chi connectivity index (χ0v) is 29.8. The maximum Gasteiger partial charge on any atom is 0.318 e. The molecule has 260 valence electrons. The number of hydrogen-bond acceptors (Lipinski definition) is 6. The van der Waals surface area contributed by atoms with Gasteiger partial charge in [-0.2, -0.15) is 0 Å².